The van der Waals surface area contributed by atoms with Crippen molar-refractivity contribution in [1.82, 2.24) is 4.72 Å². The maximum atomic E-state index is 11.8. The zero-order valence-electron chi connectivity index (χ0n) is 12.2. The van der Waals surface area contributed by atoms with Gasteiger partial charge in [-0.25, -0.2) is 13.1 Å². The summed E-state index contributed by atoms with van der Waals surface area (Å²) in [4.78, 5) is 0.322. The average molecular weight is 296 g/mol. The molecule has 0 radical (unpaired) electrons. The number of anilines is 1. The van der Waals surface area contributed by atoms with Crippen LogP contribution in [0.3, 0.4) is 0 Å². The van der Waals surface area contributed by atoms with E-state index in [4.69, 9.17) is 0 Å². The highest BCUT2D eigenvalue weighted by Gasteiger charge is 2.23. The number of hydrogen-bond acceptors (Lipinski definition) is 3. The Morgan fingerprint density at radius 2 is 1.85 bits per heavy atom. The van der Waals surface area contributed by atoms with Gasteiger partial charge in [0.05, 0.1) is 4.90 Å². The van der Waals surface area contributed by atoms with E-state index in [1.54, 1.807) is 19.1 Å². The highest BCUT2D eigenvalue weighted by molar-refractivity contribution is 7.89. The van der Waals surface area contributed by atoms with Crippen molar-refractivity contribution in [3.05, 3.63) is 24.3 Å². The average Bonchev–Trinajstić information content (AvgIpc) is 2.87. The standard InChI is InChI=1S/C15H24N2O2S/c1-3-12-5-6-14(11-12)17-13-7-9-15(10-8-13)20(18,19)16-4-2/h7-10,12,14,16-17H,3-6,11H2,1-2H3. The topological polar surface area (TPSA) is 58.2 Å². The quantitative estimate of drug-likeness (QED) is 0.848. The van der Waals surface area contributed by atoms with Crippen molar-refractivity contribution in [3.63, 3.8) is 0 Å². The van der Waals surface area contributed by atoms with Crippen LogP contribution in [0.1, 0.15) is 39.5 Å². The van der Waals surface area contributed by atoms with Crippen LogP contribution in [0.4, 0.5) is 5.69 Å². The van der Waals surface area contributed by atoms with Gasteiger partial charge in [0.2, 0.25) is 10.0 Å². The lowest BCUT2D eigenvalue weighted by molar-refractivity contribution is 0.525. The molecular formula is C15H24N2O2S. The van der Waals surface area contributed by atoms with E-state index in [1.165, 1.54) is 25.7 Å². The molecule has 1 fully saturated rings. The molecular weight excluding hydrogens is 272 g/mol. The second-order valence-electron chi connectivity index (χ2n) is 5.45. The molecule has 0 aromatic heterocycles. The lowest BCUT2D eigenvalue weighted by atomic mass is 10.1. The van der Waals surface area contributed by atoms with Gasteiger partial charge < -0.3 is 5.32 Å². The third-order valence-electron chi connectivity index (χ3n) is 3.99. The van der Waals surface area contributed by atoms with Crippen LogP contribution in [0.25, 0.3) is 0 Å². The zero-order valence-corrected chi connectivity index (χ0v) is 13.0. The Bertz CT molecular complexity index is 525. The molecule has 0 aliphatic heterocycles. The Balaban J connectivity index is 1.99. The summed E-state index contributed by atoms with van der Waals surface area (Å²) in [6, 6.07) is 7.54. The molecule has 2 atom stereocenters. The fourth-order valence-electron chi connectivity index (χ4n) is 2.82. The molecule has 2 rings (SSSR count). The summed E-state index contributed by atoms with van der Waals surface area (Å²) in [5.74, 6) is 0.834. The number of rotatable bonds is 6. The summed E-state index contributed by atoms with van der Waals surface area (Å²) in [5.41, 5.74) is 1.00. The van der Waals surface area contributed by atoms with Gasteiger partial charge in [-0.15, -0.1) is 0 Å². The first-order chi connectivity index (χ1) is 9.55. The molecule has 0 saturated heterocycles. The molecule has 1 aliphatic carbocycles. The van der Waals surface area contributed by atoms with Crippen LogP contribution in [0.2, 0.25) is 0 Å². The third kappa shape index (κ3) is 3.73. The fraction of sp³-hybridized carbons (Fsp3) is 0.600. The van der Waals surface area contributed by atoms with Gasteiger partial charge in [0, 0.05) is 18.3 Å². The molecule has 0 bridgehead atoms. The van der Waals surface area contributed by atoms with E-state index in [1.807, 2.05) is 12.1 Å². The molecule has 1 aliphatic rings. The van der Waals surface area contributed by atoms with Crippen molar-refractivity contribution < 1.29 is 8.42 Å². The van der Waals surface area contributed by atoms with Gasteiger partial charge in [-0.1, -0.05) is 20.3 Å². The van der Waals surface area contributed by atoms with E-state index in [2.05, 4.69) is 17.0 Å². The van der Waals surface area contributed by atoms with Gasteiger partial charge in [0.25, 0.3) is 0 Å². The van der Waals surface area contributed by atoms with Gasteiger partial charge in [0.1, 0.15) is 0 Å². The lowest BCUT2D eigenvalue weighted by Crippen LogP contribution is -2.23. The van der Waals surface area contributed by atoms with Crippen LogP contribution in [-0.4, -0.2) is 21.0 Å². The summed E-state index contributed by atoms with van der Waals surface area (Å²) in [6.07, 6.45) is 4.96. The first-order valence-corrected chi connectivity index (χ1v) is 8.89. The smallest absolute Gasteiger partial charge is 0.240 e. The lowest BCUT2D eigenvalue weighted by Gasteiger charge is -2.15. The molecule has 2 N–H and O–H groups in total. The van der Waals surface area contributed by atoms with Crippen molar-refractivity contribution in [2.24, 2.45) is 5.92 Å². The summed E-state index contributed by atoms with van der Waals surface area (Å²) >= 11 is 0. The molecule has 0 heterocycles. The number of sulfonamides is 1. The fourth-order valence-corrected chi connectivity index (χ4v) is 3.86. The van der Waals surface area contributed by atoms with Crippen molar-refractivity contribution >= 4 is 15.7 Å². The Kier molecular flexibility index (Phi) is 5.05. The number of hydrogen-bond donors (Lipinski definition) is 2. The number of nitrogens with one attached hydrogen (secondary N) is 2. The maximum Gasteiger partial charge on any atom is 0.240 e. The van der Waals surface area contributed by atoms with E-state index in [0.717, 1.165) is 11.6 Å². The molecule has 2 unspecified atom stereocenters. The summed E-state index contributed by atoms with van der Waals surface area (Å²) in [7, 11) is -3.34. The predicted molar refractivity (Wildman–Crippen MR) is 82.3 cm³/mol. The molecule has 1 aromatic rings. The minimum Gasteiger partial charge on any atom is -0.382 e. The van der Waals surface area contributed by atoms with Gasteiger partial charge in [-0.05, 0) is 49.4 Å². The summed E-state index contributed by atoms with van der Waals surface area (Å²) < 4.78 is 26.2. The van der Waals surface area contributed by atoms with Gasteiger partial charge in [-0.2, -0.15) is 0 Å². The normalized spacial score (nSPS) is 22.9. The van der Waals surface area contributed by atoms with E-state index in [9.17, 15) is 8.42 Å². The monoisotopic (exact) mass is 296 g/mol. The molecule has 0 amide bonds. The molecule has 4 nitrogen and oxygen atoms in total. The Hall–Kier alpha value is -1.07. The SMILES string of the molecule is CCNS(=O)(=O)c1ccc(NC2CCC(CC)C2)cc1. The molecule has 0 spiro atoms. The largest absolute Gasteiger partial charge is 0.382 e. The second kappa shape index (κ2) is 6.59. The van der Waals surface area contributed by atoms with Crippen molar-refractivity contribution in [3.8, 4) is 0 Å². The first-order valence-electron chi connectivity index (χ1n) is 7.41. The van der Waals surface area contributed by atoms with E-state index in [-0.39, 0.29) is 0 Å². The Labute approximate surface area is 122 Å². The maximum absolute atomic E-state index is 11.8. The van der Waals surface area contributed by atoms with Crippen LogP contribution in [0.15, 0.2) is 29.2 Å². The van der Waals surface area contributed by atoms with Gasteiger partial charge >= 0.3 is 0 Å². The Morgan fingerprint density at radius 3 is 2.40 bits per heavy atom. The molecule has 112 valence electrons. The summed E-state index contributed by atoms with van der Waals surface area (Å²) in [5, 5.41) is 3.50. The first kappa shape index (κ1) is 15.3. The molecule has 20 heavy (non-hydrogen) atoms. The minimum absolute atomic E-state index is 0.322. The Morgan fingerprint density at radius 1 is 1.15 bits per heavy atom. The van der Waals surface area contributed by atoms with Crippen molar-refractivity contribution in [2.75, 3.05) is 11.9 Å². The van der Waals surface area contributed by atoms with Crippen LogP contribution in [0, 0.1) is 5.92 Å². The molecule has 1 aromatic carbocycles. The van der Waals surface area contributed by atoms with E-state index in [0.29, 0.717) is 17.5 Å². The zero-order chi connectivity index (χ0) is 14.6. The van der Waals surface area contributed by atoms with E-state index >= 15 is 0 Å². The number of benzene rings is 1. The minimum atomic E-state index is -3.34. The van der Waals surface area contributed by atoms with Crippen LogP contribution in [-0.2, 0) is 10.0 Å². The van der Waals surface area contributed by atoms with Crippen LogP contribution in [0.5, 0.6) is 0 Å². The van der Waals surface area contributed by atoms with E-state index < -0.39 is 10.0 Å². The highest BCUT2D eigenvalue weighted by Crippen LogP contribution is 2.30. The molecule has 1 saturated carbocycles. The van der Waals surface area contributed by atoms with Crippen LogP contribution >= 0.6 is 0 Å². The second-order valence-corrected chi connectivity index (χ2v) is 7.22. The van der Waals surface area contributed by atoms with Crippen LogP contribution < -0.4 is 10.0 Å². The third-order valence-corrected chi connectivity index (χ3v) is 5.55. The predicted octanol–water partition coefficient (Wildman–Crippen LogP) is 2.98. The van der Waals surface area contributed by atoms with Crippen molar-refractivity contribution in [1.29, 1.82) is 0 Å². The van der Waals surface area contributed by atoms with Gasteiger partial charge in [-0.3, -0.25) is 0 Å². The summed E-state index contributed by atoms with van der Waals surface area (Å²) in [6.45, 7) is 4.42. The van der Waals surface area contributed by atoms with Crippen molar-refractivity contribution in [2.45, 2.75) is 50.5 Å². The van der Waals surface area contributed by atoms with Gasteiger partial charge in [0.15, 0.2) is 0 Å². The molecule has 5 heteroatoms. The highest BCUT2D eigenvalue weighted by atomic mass is 32.2.